The van der Waals surface area contributed by atoms with E-state index in [4.69, 9.17) is 0 Å². The zero-order valence-corrected chi connectivity index (χ0v) is 36.5. The number of hydrogen-bond donors (Lipinski definition) is 0. The van der Waals surface area contributed by atoms with Crippen molar-refractivity contribution in [2.75, 3.05) is 0 Å². The van der Waals surface area contributed by atoms with E-state index < -0.39 is 0 Å². The summed E-state index contributed by atoms with van der Waals surface area (Å²) >= 11 is 0. The van der Waals surface area contributed by atoms with Gasteiger partial charge in [-0.05, 0) is 19.3 Å². The van der Waals surface area contributed by atoms with Crippen molar-refractivity contribution in [3.63, 3.8) is 0 Å². The van der Waals surface area contributed by atoms with Gasteiger partial charge in [-0.1, -0.05) is 258 Å². The number of pyridine rings is 1. The zero-order chi connectivity index (χ0) is 37.3. The van der Waals surface area contributed by atoms with Crippen LogP contribution in [0.4, 0.5) is 0 Å². The summed E-state index contributed by atoms with van der Waals surface area (Å²) in [4.78, 5) is 0. The van der Waals surface area contributed by atoms with Crippen LogP contribution in [0.2, 0.25) is 0 Å². The first-order chi connectivity index (χ1) is 25.8. The smallest absolute Gasteiger partial charge is 0.169 e. The highest BCUT2D eigenvalue weighted by molar-refractivity contribution is 4.86. The van der Waals surface area contributed by atoms with Crippen molar-refractivity contribution < 1.29 is 4.57 Å². The van der Waals surface area contributed by atoms with Gasteiger partial charge in [0, 0.05) is 31.4 Å². The van der Waals surface area contributed by atoms with Crippen molar-refractivity contribution in [3.8, 4) is 0 Å². The highest BCUT2D eigenvalue weighted by Gasteiger charge is 2.37. The molecule has 1 nitrogen and oxygen atoms in total. The third-order valence-electron chi connectivity index (χ3n) is 12.5. The molecule has 0 aromatic carbocycles. The van der Waals surface area contributed by atoms with Gasteiger partial charge in [0.1, 0.15) is 0 Å². The molecule has 0 aliphatic heterocycles. The van der Waals surface area contributed by atoms with Crippen LogP contribution in [0.3, 0.4) is 0 Å². The SMILES string of the molecule is CCCCCCCCCCCCCCCCC(CCCCCCCCCCCCC)(CCCCCCCCCCCCCCCC)[n+]1ccccc1. The molecule has 1 aromatic rings. The number of aromatic nitrogens is 1. The van der Waals surface area contributed by atoms with E-state index in [-0.39, 0.29) is 0 Å². The molecule has 0 unspecified atom stereocenters. The quantitative estimate of drug-likeness (QED) is 0.0466. The second-order valence-corrected chi connectivity index (χ2v) is 17.5. The topological polar surface area (TPSA) is 3.88 Å². The molecule has 0 spiro atoms. The first-order valence-electron chi connectivity index (χ1n) is 24.8. The van der Waals surface area contributed by atoms with Gasteiger partial charge in [0.2, 0.25) is 0 Å². The molecule has 1 heterocycles. The maximum atomic E-state index is 2.69. The molecule has 0 saturated carbocycles. The van der Waals surface area contributed by atoms with Gasteiger partial charge in [-0.2, -0.15) is 4.57 Å². The maximum absolute atomic E-state index is 2.69. The second-order valence-electron chi connectivity index (χ2n) is 17.5. The summed E-state index contributed by atoms with van der Waals surface area (Å²) in [5.74, 6) is 0. The first kappa shape index (κ1) is 49.2. The molecule has 1 heteroatoms. The average molecular weight is 725 g/mol. The number of unbranched alkanes of at least 4 members (excludes halogenated alkanes) is 36. The van der Waals surface area contributed by atoms with Gasteiger partial charge in [-0.15, -0.1) is 0 Å². The molecule has 0 amide bonds. The molecule has 0 fully saturated rings. The maximum Gasteiger partial charge on any atom is 0.169 e. The van der Waals surface area contributed by atoms with E-state index in [0.29, 0.717) is 5.54 Å². The van der Waals surface area contributed by atoms with Crippen LogP contribution in [0, 0.1) is 0 Å². The summed E-state index contributed by atoms with van der Waals surface area (Å²) in [5, 5.41) is 0. The van der Waals surface area contributed by atoms with Crippen molar-refractivity contribution in [2.24, 2.45) is 0 Å². The molecular weight excluding hydrogens is 627 g/mol. The Morgan fingerprint density at radius 2 is 0.442 bits per heavy atom. The molecule has 0 aliphatic rings. The highest BCUT2D eigenvalue weighted by Crippen LogP contribution is 2.32. The Morgan fingerprint density at radius 1 is 0.250 bits per heavy atom. The third kappa shape index (κ3) is 30.5. The monoisotopic (exact) mass is 725 g/mol. The van der Waals surface area contributed by atoms with Crippen LogP contribution in [0.15, 0.2) is 30.6 Å². The van der Waals surface area contributed by atoms with Gasteiger partial charge in [-0.25, -0.2) is 0 Å². The third-order valence-corrected chi connectivity index (χ3v) is 12.5. The van der Waals surface area contributed by atoms with E-state index in [9.17, 15) is 0 Å². The van der Waals surface area contributed by atoms with Crippen LogP contribution >= 0.6 is 0 Å². The zero-order valence-electron chi connectivity index (χ0n) is 36.5. The molecular formula is C51H98N+. The minimum absolute atomic E-state index is 0.328. The Morgan fingerprint density at radius 3 is 0.654 bits per heavy atom. The molecule has 0 bridgehead atoms. The summed E-state index contributed by atoms with van der Waals surface area (Å²) in [5.41, 5.74) is 0.328. The minimum Gasteiger partial charge on any atom is -0.200 e. The Hall–Kier alpha value is -0.850. The lowest BCUT2D eigenvalue weighted by Gasteiger charge is -2.29. The van der Waals surface area contributed by atoms with Gasteiger partial charge in [-0.3, -0.25) is 0 Å². The fraction of sp³-hybridized carbons (Fsp3) is 0.902. The Bertz CT molecular complexity index is 754. The standard InChI is InChI=1S/C51H98N/c1-4-7-10-13-16-19-22-24-26-29-32-35-38-42-47-51(52-49-44-40-45-50-52,46-41-37-34-31-28-21-18-15-12-9-6-3)48-43-39-36-33-30-27-25-23-20-17-14-11-8-5-2/h40,44-45,49-50H,4-39,41-43,46-48H2,1-3H3/q+1. The molecule has 306 valence electrons. The summed E-state index contributed by atoms with van der Waals surface area (Å²) in [6.07, 6.45) is 65.5. The van der Waals surface area contributed by atoms with Gasteiger partial charge in [0.25, 0.3) is 0 Å². The predicted octanol–water partition coefficient (Wildman–Crippen LogP) is 18.1. The largest absolute Gasteiger partial charge is 0.200 e. The molecule has 0 aliphatic carbocycles. The summed E-state index contributed by atoms with van der Waals surface area (Å²) in [6, 6.07) is 6.82. The minimum atomic E-state index is 0.328. The number of rotatable bonds is 43. The Balaban J connectivity index is 2.47. The normalized spacial score (nSPS) is 11.9. The van der Waals surface area contributed by atoms with E-state index >= 15 is 0 Å². The fourth-order valence-corrected chi connectivity index (χ4v) is 8.89. The molecule has 52 heavy (non-hydrogen) atoms. The fourth-order valence-electron chi connectivity index (χ4n) is 8.89. The van der Waals surface area contributed by atoms with E-state index in [1.54, 1.807) is 0 Å². The summed E-state index contributed by atoms with van der Waals surface area (Å²) < 4.78 is 2.69. The average Bonchev–Trinajstić information content (AvgIpc) is 3.17. The van der Waals surface area contributed by atoms with E-state index in [0.717, 1.165) is 0 Å². The van der Waals surface area contributed by atoms with Crippen molar-refractivity contribution in [3.05, 3.63) is 30.6 Å². The van der Waals surface area contributed by atoms with Crippen LogP contribution < -0.4 is 4.57 Å². The van der Waals surface area contributed by atoms with Crippen LogP contribution in [-0.2, 0) is 5.54 Å². The van der Waals surface area contributed by atoms with Gasteiger partial charge in [0.15, 0.2) is 17.9 Å². The van der Waals surface area contributed by atoms with Crippen LogP contribution in [0.5, 0.6) is 0 Å². The van der Waals surface area contributed by atoms with Gasteiger partial charge in [0.05, 0.1) is 0 Å². The van der Waals surface area contributed by atoms with Gasteiger partial charge >= 0.3 is 0 Å². The summed E-state index contributed by atoms with van der Waals surface area (Å²) in [6.45, 7) is 6.96. The Kier molecular flexibility index (Phi) is 37.7. The lowest BCUT2D eigenvalue weighted by Crippen LogP contribution is -2.55. The Labute approximate surface area is 330 Å². The summed E-state index contributed by atoms with van der Waals surface area (Å²) in [7, 11) is 0. The van der Waals surface area contributed by atoms with Crippen molar-refractivity contribution >= 4 is 0 Å². The number of hydrogen-bond acceptors (Lipinski definition) is 0. The van der Waals surface area contributed by atoms with E-state index in [2.05, 4.69) is 55.9 Å². The van der Waals surface area contributed by atoms with Gasteiger partial charge < -0.3 is 0 Å². The van der Waals surface area contributed by atoms with Crippen molar-refractivity contribution in [1.82, 2.24) is 0 Å². The van der Waals surface area contributed by atoms with Crippen molar-refractivity contribution in [1.29, 1.82) is 0 Å². The molecule has 0 radical (unpaired) electrons. The van der Waals surface area contributed by atoms with Crippen LogP contribution in [0.25, 0.3) is 0 Å². The predicted molar refractivity (Wildman–Crippen MR) is 236 cm³/mol. The number of nitrogens with zero attached hydrogens (tertiary/aromatic N) is 1. The van der Waals surface area contributed by atoms with Crippen LogP contribution in [-0.4, -0.2) is 0 Å². The first-order valence-corrected chi connectivity index (χ1v) is 24.8. The molecule has 0 atom stereocenters. The highest BCUT2D eigenvalue weighted by atomic mass is 15.0. The lowest BCUT2D eigenvalue weighted by molar-refractivity contribution is -0.768. The lowest BCUT2D eigenvalue weighted by atomic mass is 9.81. The second kappa shape index (κ2) is 39.8. The molecule has 0 N–H and O–H groups in total. The van der Waals surface area contributed by atoms with E-state index in [1.165, 1.54) is 270 Å². The van der Waals surface area contributed by atoms with E-state index in [1.807, 2.05) is 0 Å². The molecule has 1 rings (SSSR count). The molecule has 0 saturated heterocycles. The van der Waals surface area contributed by atoms with Crippen molar-refractivity contribution in [2.45, 2.75) is 296 Å². The van der Waals surface area contributed by atoms with Crippen LogP contribution in [0.1, 0.15) is 290 Å². The molecule has 1 aromatic heterocycles.